The molecule has 0 amide bonds. The van der Waals surface area contributed by atoms with Crippen LogP contribution in [0.2, 0.25) is 0 Å². The molecular formula is C11H20N4O2S2. The molecule has 1 aliphatic rings. The molecule has 0 radical (unpaired) electrons. The predicted octanol–water partition coefficient (Wildman–Crippen LogP) is -0.0441. The van der Waals surface area contributed by atoms with Crippen LogP contribution in [-0.4, -0.2) is 51.6 Å². The van der Waals surface area contributed by atoms with Gasteiger partial charge in [0.05, 0.1) is 4.90 Å². The van der Waals surface area contributed by atoms with Crippen molar-refractivity contribution in [3.8, 4) is 0 Å². The fourth-order valence-electron chi connectivity index (χ4n) is 2.01. The average Bonchev–Trinajstić information content (AvgIpc) is 2.74. The molecule has 108 valence electrons. The highest BCUT2D eigenvalue weighted by molar-refractivity contribution is 7.89. The molecule has 0 aliphatic carbocycles. The van der Waals surface area contributed by atoms with E-state index in [1.807, 2.05) is 14.0 Å². The minimum atomic E-state index is -3.49. The SMILES string of the molecule is Cc1sc(CN)cc1S(=O)(=O)NN1CCN(C)CC1. The van der Waals surface area contributed by atoms with Gasteiger partial charge in [0.2, 0.25) is 0 Å². The molecule has 1 fully saturated rings. The highest BCUT2D eigenvalue weighted by Crippen LogP contribution is 2.25. The van der Waals surface area contributed by atoms with E-state index in [1.54, 1.807) is 11.1 Å². The summed E-state index contributed by atoms with van der Waals surface area (Å²) in [6.45, 7) is 5.29. The molecule has 1 aliphatic heterocycles. The number of thiophene rings is 1. The zero-order valence-electron chi connectivity index (χ0n) is 11.2. The van der Waals surface area contributed by atoms with Crippen molar-refractivity contribution in [3.05, 3.63) is 15.8 Å². The van der Waals surface area contributed by atoms with E-state index in [9.17, 15) is 8.42 Å². The second-order valence-electron chi connectivity index (χ2n) is 4.72. The van der Waals surface area contributed by atoms with Gasteiger partial charge in [-0.15, -0.1) is 16.2 Å². The maximum atomic E-state index is 12.3. The zero-order valence-corrected chi connectivity index (χ0v) is 12.9. The summed E-state index contributed by atoms with van der Waals surface area (Å²) in [4.78, 5) is 6.84. The average molecular weight is 304 g/mol. The molecule has 3 N–H and O–H groups in total. The van der Waals surface area contributed by atoms with Crippen molar-refractivity contribution >= 4 is 21.4 Å². The number of piperazine rings is 1. The largest absolute Gasteiger partial charge is 0.326 e. The lowest BCUT2D eigenvalue weighted by Gasteiger charge is -2.32. The Morgan fingerprint density at radius 3 is 2.53 bits per heavy atom. The third kappa shape index (κ3) is 3.53. The second kappa shape index (κ2) is 5.86. The quantitative estimate of drug-likeness (QED) is 0.816. The summed E-state index contributed by atoms with van der Waals surface area (Å²) in [6.07, 6.45) is 0. The van der Waals surface area contributed by atoms with Gasteiger partial charge in [-0.1, -0.05) is 0 Å². The highest BCUT2D eigenvalue weighted by atomic mass is 32.2. The number of aryl methyl sites for hydroxylation is 1. The molecule has 0 unspecified atom stereocenters. The van der Waals surface area contributed by atoms with Crippen LogP contribution in [0.5, 0.6) is 0 Å². The smallest absolute Gasteiger partial charge is 0.254 e. The number of hydrazine groups is 1. The van der Waals surface area contributed by atoms with Crippen LogP contribution in [0.3, 0.4) is 0 Å². The molecule has 6 nitrogen and oxygen atoms in total. The van der Waals surface area contributed by atoms with Crippen LogP contribution in [0.1, 0.15) is 9.75 Å². The van der Waals surface area contributed by atoms with E-state index in [2.05, 4.69) is 9.73 Å². The molecule has 0 saturated carbocycles. The van der Waals surface area contributed by atoms with Gasteiger partial charge >= 0.3 is 0 Å². The monoisotopic (exact) mass is 304 g/mol. The van der Waals surface area contributed by atoms with Gasteiger partial charge in [0, 0.05) is 42.5 Å². The topological polar surface area (TPSA) is 78.7 Å². The fraction of sp³-hybridized carbons (Fsp3) is 0.636. The van der Waals surface area contributed by atoms with Gasteiger partial charge in [0.15, 0.2) is 0 Å². The molecule has 0 spiro atoms. The van der Waals surface area contributed by atoms with Crippen LogP contribution >= 0.6 is 11.3 Å². The third-order valence-corrected chi connectivity index (χ3v) is 5.87. The predicted molar refractivity (Wildman–Crippen MR) is 76.3 cm³/mol. The number of nitrogens with zero attached hydrogens (tertiary/aromatic N) is 2. The Bertz CT molecular complexity index is 533. The van der Waals surface area contributed by atoms with E-state index in [0.29, 0.717) is 24.5 Å². The molecule has 0 bridgehead atoms. The molecule has 1 aromatic rings. The second-order valence-corrected chi connectivity index (χ2v) is 7.69. The van der Waals surface area contributed by atoms with Crippen LogP contribution < -0.4 is 10.6 Å². The summed E-state index contributed by atoms with van der Waals surface area (Å²) in [6, 6.07) is 1.67. The summed E-state index contributed by atoms with van der Waals surface area (Å²) in [5.41, 5.74) is 5.55. The van der Waals surface area contributed by atoms with Gasteiger partial charge in [-0.05, 0) is 20.0 Å². The Balaban J connectivity index is 2.11. The maximum absolute atomic E-state index is 12.3. The number of nitrogens with two attached hydrogens (primary N) is 1. The minimum Gasteiger partial charge on any atom is -0.326 e. The van der Waals surface area contributed by atoms with E-state index in [0.717, 1.165) is 22.8 Å². The van der Waals surface area contributed by atoms with Gasteiger partial charge in [0.25, 0.3) is 10.0 Å². The van der Waals surface area contributed by atoms with E-state index >= 15 is 0 Å². The van der Waals surface area contributed by atoms with Crippen LogP contribution in [0.15, 0.2) is 11.0 Å². The van der Waals surface area contributed by atoms with Gasteiger partial charge in [-0.3, -0.25) is 0 Å². The number of nitrogens with one attached hydrogen (secondary N) is 1. The standard InChI is InChI=1S/C11H20N4O2S2/c1-9-11(7-10(8-12)18-9)19(16,17)13-15-5-3-14(2)4-6-15/h7,13H,3-6,8,12H2,1-2H3. The van der Waals surface area contributed by atoms with Crippen molar-refractivity contribution in [1.82, 2.24) is 14.7 Å². The summed E-state index contributed by atoms with van der Waals surface area (Å²) >= 11 is 1.43. The van der Waals surface area contributed by atoms with Crippen LogP contribution in [0, 0.1) is 6.92 Å². The lowest BCUT2D eigenvalue weighted by atomic mass is 10.4. The number of sulfonamides is 1. The van der Waals surface area contributed by atoms with Gasteiger partial charge < -0.3 is 10.6 Å². The molecule has 1 aromatic heterocycles. The number of hydrogen-bond acceptors (Lipinski definition) is 6. The van der Waals surface area contributed by atoms with Crippen molar-refractivity contribution in [2.75, 3.05) is 33.2 Å². The Morgan fingerprint density at radius 2 is 2.00 bits per heavy atom. The Labute approximate surface area is 118 Å². The third-order valence-electron chi connectivity index (χ3n) is 3.17. The van der Waals surface area contributed by atoms with Crippen LogP contribution in [0.25, 0.3) is 0 Å². The first-order valence-corrected chi connectivity index (χ1v) is 8.47. The van der Waals surface area contributed by atoms with Crippen molar-refractivity contribution in [3.63, 3.8) is 0 Å². The van der Waals surface area contributed by atoms with Gasteiger partial charge in [-0.25, -0.2) is 13.4 Å². The highest BCUT2D eigenvalue weighted by Gasteiger charge is 2.24. The van der Waals surface area contributed by atoms with Crippen molar-refractivity contribution in [2.45, 2.75) is 18.4 Å². The van der Waals surface area contributed by atoms with E-state index in [4.69, 9.17) is 5.73 Å². The lowest BCUT2D eigenvalue weighted by Crippen LogP contribution is -2.52. The molecule has 0 aromatic carbocycles. The molecule has 8 heteroatoms. The Morgan fingerprint density at radius 1 is 1.37 bits per heavy atom. The van der Waals surface area contributed by atoms with Crippen molar-refractivity contribution < 1.29 is 8.42 Å². The molecule has 19 heavy (non-hydrogen) atoms. The number of likely N-dealkylation sites (N-methyl/N-ethyl adjacent to an activating group) is 1. The molecular weight excluding hydrogens is 284 g/mol. The summed E-state index contributed by atoms with van der Waals surface area (Å²) in [5.74, 6) is 0. The first-order valence-electron chi connectivity index (χ1n) is 6.17. The molecule has 0 atom stereocenters. The van der Waals surface area contributed by atoms with E-state index in [-0.39, 0.29) is 0 Å². The summed E-state index contributed by atoms with van der Waals surface area (Å²) in [5, 5.41) is 1.76. The summed E-state index contributed by atoms with van der Waals surface area (Å²) < 4.78 is 24.7. The number of rotatable bonds is 4. The van der Waals surface area contributed by atoms with E-state index < -0.39 is 10.0 Å². The maximum Gasteiger partial charge on any atom is 0.254 e. The summed E-state index contributed by atoms with van der Waals surface area (Å²) in [7, 11) is -1.45. The van der Waals surface area contributed by atoms with Crippen molar-refractivity contribution in [1.29, 1.82) is 0 Å². The van der Waals surface area contributed by atoms with Crippen LogP contribution in [-0.2, 0) is 16.6 Å². The minimum absolute atomic E-state index is 0.344. The zero-order chi connectivity index (χ0) is 14.0. The molecule has 2 rings (SSSR count). The Kier molecular flexibility index (Phi) is 4.59. The first-order chi connectivity index (χ1) is 8.92. The normalized spacial score (nSPS) is 18.9. The lowest BCUT2D eigenvalue weighted by molar-refractivity contribution is 0.135. The fourth-order valence-corrected chi connectivity index (χ4v) is 4.65. The van der Waals surface area contributed by atoms with Gasteiger partial charge in [0.1, 0.15) is 0 Å². The Hall–Kier alpha value is -0.510. The van der Waals surface area contributed by atoms with Gasteiger partial charge in [-0.2, -0.15) is 0 Å². The van der Waals surface area contributed by atoms with Crippen molar-refractivity contribution in [2.24, 2.45) is 5.73 Å². The number of hydrogen-bond donors (Lipinski definition) is 2. The molecule has 1 saturated heterocycles. The first kappa shape index (κ1) is 14.9. The molecule has 2 heterocycles. The van der Waals surface area contributed by atoms with Crippen LogP contribution in [0.4, 0.5) is 0 Å². The van der Waals surface area contributed by atoms with E-state index in [1.165, 1.54) is 11.3 Å².